The second-order valence-corrected chi connectivity index (χ2v) is 4.79. The van der Waals surface area contributed by atoms with Crippen LogP contribution in [0.3, 0.4) is 0 Å². The summed E-state index contributed by atoms with van der Waals surface area (Å²) >= 11 is 6.15. The molecule has 1 aliphatic carbocycles. The molecule has 0 bridgehead atoms. The molecule has 1 aromatic heterocycles. The number of nitrogens with one attached hydrogen (secondary N) is 1. The lowest BCUT2D eigenvalue weighted by atomic mass is 9.97. The predicted octanol–water partition coefficient (Wildman–Crippen LogP) is 4.48. The highest BCUT2D eigenvalue weighted by atomic mass is 35.5. The largest absolute Gasteiger partial charge is 0.360 e. The quantitative estimate of drug-likeness (QED) is 0.728. The summed E-state index contributed by atoms with van der Waals surface area (Å²) in [6, 6.07) is 6.15. The van der Waals surface area contributed by atoms with Gasteiger partial charge in [0, 0.05) is 11.6 Å². The molecule has 78 valence electrons. The van der Waals surface area contributed by atoms with Gasteiger partial charge in [0.05, 0.1) is 10.5 Å². The molecule has 1 heterocycles. The molecular formula is C13H14ClN. The van der Waals surface area contributed by atoms with Gasteiger partial charge in [-0.2, -0.15) is 0 Å². The van der Waals surface area contributed by atoms with Crippen LogP contribution in [0, 0.1) is 0 Å². The van der Waals surface area contributed by atoms with E-state index in [9.17, 15) is 0 Å². The van der Waals surface area contributed by atoms with Crippen LogP contribution in [0.25, 0.3) is 10.9 Å². The monoisotopic (exact) mass is 219 g/mol. The van der Waals surface area contributed by atoms with Gasteiger partial charge in [0.1, 0.15) is 0 Å². The summed E-state index contributed by atoms with van der Waals surface area (Å²) in [4.78, 5) is 3.30. The molecule has 2 aromatic rings. The molecule has 1 fully saturated rings. The Hall–Kier alpha value is -0.950. The maximum Gasteiger partial charge on any atom is 0.0647 e. The minimum Gasteiger partial charge on any atom is -0.360 e. The first-order valence-electron chi connectivity index (χ1n) is 5.62. The molecule has 0 radical (unpaired) electrons. The van der Waals surface area contributed by atoms with Gasteiger partial charge in [0.25, 0.3) is 0 Å². The number of rotatable bonds is 1. The van der Waals surface area contributed by atoms with Crippen molar-refractivity contribution in [1.29, 1.82) is 0 Å². The maximum absolute atomic E-state index is 6.15. The summed E-state index contributed by atoms with van der Waals surface area (Å²) in [5.74, 6) is 0.747. The predicted molar refractivity (Wildman–Crippen MR) is 64.5 cm³/mol. The van der Waals surface area contributed by atoms with Crippen LogP contribution in [-0.2, 0) is 0 Å². The lowest BCUT2D eigenvalue weighted by molar-refractivity contribution is 0.729. The summed E-state index contributed by atoms with van der Waals surface area (Å²) in [6.07, 6.45) is 7.56. The first kappa shape index (κ1) is 9.29. The van der Waals surface area contributed by atoms with Gasteiger partial charge >= 0.3 is 0 Å². The van der Waals surface area contributed by atoms with Crippen LogP contribution >= 0.6 is 11.6 Å². The molecule has 0 amide bonds. The topological polar surface area (TPSA) is 15.8 Å². The minimum absolute atomic E-state index is 0.747. The van der Waals surface area contributed by atoms with Gasteiger partial charge in [-0.25, -0.2) is 0 Å². The van der Waals surface area contributed by atoms with Crippen molar-refractivity contribution in [3.8, 4) is 0 Å². The molecule has 0 atom stereocenters. The highest BCUT2D eigenvalue weighted by Crippen LogP contribution is 2.38. The van der Waals surface area contributed by atoms with E-state index in [0.717, 1.165) is 16.5 Å². The second kappa shape index (κ2) is 3.57. The molecule has 0 spiro atoms. The molecule has 0 unspecified atom stereocenters. The van der Waals surface area contributed by atoms with Crippen molar-refractivity contribution in [2.75, 3.05) is 0 Å². The Bertz CT molecular complexity index is 480. The normalized spacial score (nSPS) is 17.7. The molecule has 0 aliphatic heterocycles. The summed E-state index contributed by atoms with van der Waals surface area (Å²) in [5, 5.41) is 2.14. The standard InChI is InChI=1S/C13H14ClN/c14-12-7-3-6-10-11(8-15-13(10)12)9-4-1-2-5-9/h3,6-9,15H,1-2,4-5H2. The van der Waals surface area contributed by atoms with Crippen LogP contribution < -0.4 is 0 Å². The molecule has 1 N–H and O–H groups in total. The number of benzene rings is 1. The number of aromatic nitrogens is 1. The smallest absolute Gasteiger partial charge is 0.0647 e. The Morgan fingerprint density at radius 3 is 2.80 bits per heavy atom. The molecular weight excluding hydrogens is 206 g/mol. The number of fused-ring (bicyclic) bond motifs is 1. The van der Waals surface area contributed by atoms with Gasteiger partial charge in [0.2, 0.25) is 0 Å². The van der Waals surface area contributed by atoms with E-state index >= 15 is 0 Å². The zero-order valence-corrected chi connectivity index (χ0v) is 9.35. The van der Waals surface area contributed by atoms with Crippen molar-refractivity contribution in [3.63, 3.8) is 0 Å². The van der Waals surface area contributed by atoms with E-state index in [1.807, 2.05) is 12.1 Å². The minimum atomic E-state index is 0.747. The first-order valence-corrected chi connectivity index (χ1v) is 5.99. The van der Waals surface area contributed by atoms with E-state index < -0.39 is 0 Å². The van der Waals surface area contributed by atoms with Gasteiger partial charge in [0.15, 0.2) is 0 Å². The lowest BCUT2D eigenvalue weighted by Gasteiger charge is -2.06. The van der Waals surface area contributed by atoms with E-state index in [4.69, 9.17) is 11.6 Å². The summed E-state index contributed by atoms with van der Waals surface area (Å²) in [7, 11) is 0. The first-order chi connectivity index (χ1) is 7.36. The Morgan fingerprint density at radius 2 is 2.00 bits per heavy atom. The summed E-state index contributed by atoms with van der Waals surface area (Å²) in [6.45, 7) is 0. The van der Waals surface area contributed by atoms with E-state index in [-0.39, 0.29) is 0 Å². The number of aromatic amines is 1. The van der Waals surface area contributed by atoms with Crippen LogP contribution in [0.2, 0.25) is 5.02 Å². The van der Waals surface area contributed by atoms with Crippen LogP contribution in [0.5, 0.6) is 0 Å². The van der Waals surface area contributed by atoms with Gasteiger partial charge in [-0.15, -0.1) is 0 Å². The highest BCUT2D eigenvalue weighted by molar-refractivity contribution is 6.35. The Labute approximate surface area is 94.4 Å². The molecule has 15 heavy (non-hydrogen) atoms. The van der Waals surface area contributed by atoms with Crippen LogP contribution in [0.15, 0.2) is 24.4 Å². The van der Waals surface area contributed by atoms with E-state index in [1.165, 1.54) is 36.6 Å². The molecule has 3 rings (SSSR count). The zero-order valence-electron chi connectivity index (χ0n) is 8.59. The van der Waals surface area contributed by atoms with Crippen LogP contribution in [-0.4, -0.2) is 4.98 Å². The fraction of sp³-hybridized carbons (Fsp3) is 0.385. The number of halogens is 1. The molecule has 1 aliphatic rings. The van der Waals surface area contributed by atoms with Gasteiger partial charge in [-0.05, 0) is 30.4 Å². The number of H-pyrrole nitrogens is 1. The third-order valence-electron chi connectivity index (χ3n) is 3.49. The number of hydrogen-bond donors (Lipinski definition) is 1. The van der Waals surface area contributed by atoms with Crippen LogP contribution in [0.4, 0.5) is 0 Å². The SMILES string of the molecule is Clc1cccc2c(C3CCCC3)c[nH]c12. The van der Waals surface area contributed by atoms with Crippen molar-refractivity contribution in [2.24, 2.45) is 0 Å². The second-order valence-electron chi connectivity index (χ2n) is 4.39. The van der Waals surface area contributed by atoms with Gasteiger partial charge in [-0.1, -0.05) is 36.6 Å². The summed E-state index contributed by atoms with van der Waals surface area (Å²) < 4.78 is 0. The van der Waals surface area contributed by atoms with Gasteiger partial charge < -0.3 is 4.98 Å². The van der Waals surface area contributed by atoms with E-state index in [0.29, 0.717) is 0 Å². The van der Waals surface area contributed by atoms with Crippen molar-refractivity contribution >= 4 is 22.5 Å². The fourth-order valence-electron chi connectivity index (χ4n) is 2.71. The van der Waals surface area contributed by atoms with Crippen LogP contribution in [0.1, 0.15) is 37.2 Å². The molecule has 1 nitrogen and oxygen atoms in total. The zero-order chi connectivity index (χ0) is 10.3. The summed E-state index contributed by atoms with van der Waals surface area (Å²) in [5.41, 5.74) is 2.56. The molecule has 1 saturated carbocycles. The average molecular weight is 220 g/mol. The molecule has 2 heteroatoms. The van der Waals surface area contributed by atoms with Gasteiger partial charge in [-0.3, -0.25) is 0 Å². The number of hydrogen-bond acceptors (Lipinski definition) is 0. The third-order valence-corrected chi connectivity index (χ3v) is 3.81. The Kier molecular flexibility index (Phi) is 2.21. The average Bonchev–Trinajstić information content (AvgIpc) is 2.85. The van der Waals surface area contributed by atoms with Crippen molar-refractivity contribution in [1.82, 2.24) is 4.98 Å². The highest BCUT2D eigenvalue weighted by Gasteiger charge is 2.20. The Balaban J connectivity index is 2.15. The van der Waals surface area contributed by atoms with Crippen molar-refractivity contribution < 1.29 is 0 Å². The van der Waals surface area contributed by atoms with Crippen molar-refractivity contribution in [2.45, 2.75) is 31.6 Å². The lowest BCUT2D eigenvalue weighted by Crippen LogP contribution is -1.89. The fourth-order valence-corrected chi connectivity index (χ4v) is 2.94. The molecule has 1 aromatic carbocycles. The number of para-hydroxylation sites is 1. The van der Waals surface area contributed by atoms with E-state index in [2.05, 4.69) is 17.2 Å². The molecule has 0 saturated heterocycles. The maximum atomic E-state index is 6.15. The Morgan fingerprint density at radius 1 is 1.20 bits per heavy atom. The van der Waals surface area contributed by atoms with E-state index in [1.54, 1.807) is 0 Å². The van der Waals surface area contributed by atoms with Crippen molar-refractivity contribution in [3.05, 3.63) is 35.0 Å². The third kappa shape index (κ3) is 1.46.